The van der Waals surface area contributed by atoms with Gasteiger partial charge < -0.3 is 14.6 Å². The van der Waals surface area contributed by atoms with Crippen molar-refractivity contribution < 1.29 is 19.4 Å². The molecule has 0 aromatic rings. The number of rotatable bonds is 4. The number of methoxy groups -OCH3 is 1. The maximum atomic E-state index is 9.18. The summed E-state index contributed by atoms with van der Waals surface area (Å²) in [5.41, 5.74) is 0. The molecule has 0 radical (unpaired) electrons. The fourth-order valence-electron chi connectivity index (χ4n) is 0.159. The highest BCUT2D eigenvalue weighted by Crippen LogP contribution is 1.56. The van der Waals surface area contributed by atoms with Crippen molar-refractivity contribution >= 4 is 6.47 Å². The minimum Gasteiger partial charge on any atom is -0.468 e. The van der Waals surface area contributed by atoms with Gasteiger partial charge in [-0.3, -0.25) is 4.79 Å². The lowest BCUT2D eigenvalue weighted by Gasteiger charge is -1.84. The van der Waals surface area contributed by atoms with Crippen molar-refractivity contribution in [1.29, 1.82) is 0 Å². The van der Waals surface area contributed by atoms with Gasteiger partial charge in [-0.05, 0) is 6.92 Å². The van der Waals surface area contributed by atoms with Crippen LogP contribution in [0.4, 0.5) is 0 Å². The average Bonchev–Trinajstić information content (AvgIpc) is 1.93. The molecule has 0 aromatic carbocycles. The Hall–Kier alpha value is -0.610. The number of carbonyl (C=O) groups excluding carboxylic acids is 1. The zero-order valence-corrected chi connectivity index (χ0v) is 6.37. The first-order valence-corrected chi connectivity index (χ1v) is 2.98. The second kappa shape index (κ2) is 15.8. The van der Waals surface area contributed by atoms with Crippen LogP contribution < -0.4 is 0 Å². The van der Waals surface area contributed by atoms with Crippen molar-refractivity contribution in [2.24, 2.45) is 0 Å². The van der Waals surface area contributed by atoms with Crippen LogP contribution in [-0.2, 0) is 14.3 Å². The second-order valence-corrected chi connectivity index (χ2v) is 1.27. The SMILES string of the molecule is CCOC=O.COCCO. The van der Waals surface area contributed by atoms with Gasteiger partial charge in [0.05, 0.1) is 19.8 Å². The molecular formula is C6H14O4. The number of aliphatic hydroxyl groups is 1. The van der Waals surface area contributed by atoms with Gasteiger partial charge in [0.1, 0.15) is 0 Å². The third kappa shape index (κ3) is 26.3. The minimum atomic E-state index is 0.122. The minimum absolute atomic E-state index is 0.122. The smallest absolute Gasteiger partial charge is 0.293 e. The van der Waals surface area contributed by atoms with Gasteiger partial charge in [0.2, 0.25) is 0 Å². The largest absolute Gasteiger partial charge is 0.468 e. The maximum absolute atomic E-state index is 9.18. The van der Waals surface area contributed by atoms with Crippen LogP contribution in [0.2, 0.25) is 0 Å². The monoisotopic (exact) mass is 150 g/mol. The fraction of sp³-hybridized carbons (Fsp3) is 0.833. The van der Waals surface area contributed by atoms with Crippen LogP contribution in [0.1, 0.15) is 6.92 Å². The number of aliphatic hydroxyl groups excluding tert-OH is 1. The number of ether oxygens (including phenoxy) is 2. The van der Waals surface area contributed by atoms with Crippen LogP contribution >= 0.6 is 0 Å². The molecule has 0 aromatic heterocycles. The molecule has 0 atom stereocenters. The summed E-state index contributed by atoms with van der Waals surface area (Å²) in [5, 5.41) is 7.94. The van der Waals surface area contributed by atoms with E-state index in [2.05, 4.69) is 9.47 Å². The van der Waals surface area contributed by atoms with Gasteiger partial charge in [-0.15, -0.1) is 0 Å². The number of carbonyl (C=O) groups is 1. The molecule has 0 unspecified atom stereocenters. The Morgan fingerprint density at radius 3 is 2.20 bits per heavy atom. The Kier molecular flexibility index (Phi) is 19.1. The molecule has 62 valence electrons. The lowest BCUT2D eigenvalue weighted by Crippen LogP contribution is -1.91. The van der Waals surface area contributed by atoms with E-state index in [4.69, 9.17) is 5.11 Å². The first-order chi connectivity index (χ1) is 4.83. The summed E-state index contributed by atoms with van der Waals surface area (Å²) in [7, 11) is 1.55. The summed E-state index contributed by atoms with van der Waals surface area (Å²) < 4.78 is 8.59. The summed E-state index contributed by atoms with van der Waals surface area (Å²) in [4.78, 5) is 9.18. The van der Waals surface area contributed by atoms with Crippen molar-refractivity contribution in [3.05, 3.63) is 0 Å². The summed E-state index contributed by atoms with van der Waals surface area (Å²) >= 11 is 0. The van der Waals surface area contributed by atoms with Crippen LogP contribution in [-0.4, -0.2) is 38.5 Å². The van der Waals surface area contributed by atoms with Gasteiger partial charge in [-0.2, -0.15) is 0 Å². The molecule has 1 N–H and O–H groups in total. The van der Waals surface area contributed by atoms with E-state index in [0.29, 0.717) is 19.7 Å². The second-order valence-electron chi connectivity index (χ2n) is 1.27. The molecule has 0 fully saturated rings. The van der Waals surface area contributed by atoms with Gasteiger partial charge in [0.25, 0.3) is 6.47 Å². The molecule has 0 saturated heterocycles. The molecule has 0 heterocycles. The van der Waals surface area contributed by atoms with Gasteiger partial charge >= 0.3 is 0 Å². The maximum Gasteiger partial charge on any atom is 0.293 e. The van der Waals surface area contributed by atoms with E-state index < -0.39 is 0 Å². The highest BCUT2D eigenvalue weighted by atomic mass is 16.5. The molecule has 0 amide bonds. The Bertz CT molecular complexity index is 53.7. The molecule has 0 bridgehead atoms. The summed E-state index contributed by atoms with van der Waals surface area (Å²) in [5.74, 6) is 0. The highest BCUT2D eigenvalue weighted by Gasteiger charge is 1.67. The molecule has 10 heavy (non-hydrogen) atoms. The Morgan fingerprint density at radius 2 is 2.20 bits per heavy atom. The van der Waals surface area contributed by atoms with E-state index in [1.54, 1.807) is 14.0 Å². The van der Waals surface area contributed by atoms with E-state index in [0.717, 1.165) is 0 Å². The molecule has 0 aliphatic heterocycles. The molecule has 4 nitrogen and oxygen atoms in total. The van der Waals surface area contributed by atoms with E-state index in [1.165, 1.54) is 0 Å². The molecule has 0 rings (SSSR count). The standard InChI is InChI=1S/C3H8O2.C3H6O2/c1-5-3-2-4;1-2-5-3-4/h4H,2-3H2,1H3;3H,2H2,1H3. The average molecular weight is 150 g/mol. The van der Waals surface area contributed by atoms with Gasteiger partial charge in [-0.25, -0.2) is 0 Å². The first-order valence-electron chi connectivity index (χ1n) is 2.98. The van der Waals surface area contributed by atoms with E-state index in [1.807, 2.05) is 0 Å². The van der Waals surface area contributed by atoms with Crippen molar-refractivity contribution in [2.45, 2.75) is 6.92 Å². The van der Waals surface area contributed by atoms with Gasteiger partial charge in [0.15, 0.2) is 0 Å². The lowest BCUT2D eigenvalue weighted by atomic mass is 10.8. The van der Waals surface area contributed by atoms with E-state index in [9.17, 15) is 4.79 Å². The van der Waals surface area contributed by atoms with Crippen LogP contribution in [0.3, 0.4) is 0 Å². The van der Waals surface area contributed by atoms with Gasteiger partial charge in [-0.1, -0.05) is 0 Å². The summed E-state index contributed by atoms with van der Waals surface area (Å²) in [6.07, 6.45) is 0. The van der Waals surface area contributed by atoms with E-state index >= 15 is 0 Å². The molecule has 0 saturated carbocycles. The molecule has 0 aliphatic rings. The zero-order valence-electron chi connectivity index (χ0n) is 6.37. The summed E-state index contributed by atoms with van der Waals surface area (Å²) in [6.45, 7) is 3.23. The fourth-order valence-corrected chi connectivity index (χ4v) is 0.159. The van der Waals surface area contributed by atoms with Crippen LogP contribution in [0.25, 0.3) is 0 Å². The zero-order chi connectivity index (χ0) is 8.24. The van der Waals surface area contributed by atoms with Crippen molar-refractivity contribution in [1.82, 2.24) is 0 Å². The number of hydrogen-bond donors (Lipinski definition) is 1. The van der Waals surface area contributed by atoms with Crippen LogP contribution in [0.15, 0.2) is 0 Å². The molecule has 4 heteroatoms. The molecule has 0 spiro atoms. The molecule has 0 aliphatic carbocycles. The number of hydrogen-bond acceptors (Lipinski definition) is 4. The topological polar surface area (TPSA) is 55.8 Å². The Balaban J connectivity index is 0. The third-order valence-corrected chi connectivity index (χ3v) is 0.530. The van der Waals surface area contributed by atoms with Crippen molar-refractivity contribution in [3.63, 3.8) is 0 Å². The van der Waals surface area contributed by atoms with E-state index in [-0.39, 0.29) is 6.61 Å². The van der Waals surface area contributed by atoms with Crippen molar-refractivity contribution in [3.8, 4) is 0 Å². The normalized spacial score (nSPS) is 7.50. The first kappa shape index (κ1) is 12.1. The predicted molar refractivity (Wildman–Crippen MR) is 36.7 cm³/mol. The quantitative estimate of drug-likeness (QED) is 0.564. The van der Waals surface area contributed by atoms with Crippen molar-refractivity contribution in [2.75, 3.05) is 26.9 Å². The highest BCUT2D eigenvalue weighted by molar-refractivity contribution is 5.36. The summed E-state index contributed by atoms with van der Waals surface area (Å²) in [6, 6.07) is 0. The van der Waals surface area contributed by atoms with Gasteiger partial charge in [0, 0.05) is 7.11 Å². The van der Waals surface area contributed by atoms with Crippen LogP contribution in [0.5, 0.6) is 0 Å². The van der Waals surface area contributed by atoms with Crippen LogP contribution in [0, 0.1) is 0 Å². The lowest BCUT2D eigenvalue weighted by molar-refractivity contribution is -0.128. The third-order valence-electron chi connectivity index (χ3n) is 0.530. The Morgan fingerprint density at radius 1 is 1.60 bits per heavy atom. The Labute approximate surface area is 60.8 Å². The predicted octanol–water partition coefficient (Wildman–Crippen LogP) is -0.196. The molecular weight excluding hydrogens is 136 g/mol.